The summed E-state index contributed by atoms with van der Waals surface area (Å²) in [6.45, 7) is 3.52. The minimum atomic E-state index is -3.90. The molecule has 1 aliphatic rings. The molecule has 1 rings (SSSR count). The smallest absolute Gasteiger partial charge is 0.406 e. The second-order valence-electron chi connectivity index (χ2n) is 5.87. The molecular weight excluding hydrogens is 399 g/mol. The highest BCUT2D eigenvalue weighted by molar-refractivity contribution is 7.51. The maximum absolute atomic E-state index is 12.8. The van der Waals surface area contributed by atoms with Gasteiger partial charge in [0.05, 0.1) is 31.9 Å². The predicted molar refractivity (Wildman–Crippen MR) is 95.1 cm³/mol. The third-order valence-electron chi connectivity index (χ3n) is 3.74. The Bertz CT molecular complexity index is 618. The summed E-state index contributed by atoms with van der Waals surface area (Å²) >= 11 is 0. The topological polar surface area (TPSA) is 184 Å². The Balaban J connectivity index is 3.35. The van der Waals surface area contributed by atoms with Crippen LogP contribution in [-0.2, 0) is 27.9 Å². The van der Waals surface area contributed by atoms with Gasteiger partial charge in [-0.05, 0) is 19.9 Å². The summed E-state index contributed by atoms with van der Waals surface area (Å²) in [6, 6.07) is -2.34. The summed E-state index contributed by atoms with van der Waals surface area (Å²) in [5.41, 5.74) is 0. The normalized spacial score (nSPS) is 24.6. The van der Waals surface area contributed by atoms with Gasteiger partial charge in [0.2, 0.25) is 11.7 Å². The van der Waals surface area contributed by atoms with Gasteiger partial charge in [-0.1, -0.05) is 0 Å². The number of aliphatic carboxylic acids is 1. The molecular formula is C15H27N2O10P. The molecule has 0 saturated carbocycles. The van der Waals surface area contributed by atoms with Gasteiger partial charge in [-0.25, -0.2) is 14.4 Å². The maximum Gasteiger partial charge on any atom is 0.406 e. The van der Waals surface area contributed by atoms with Crippen molar-refractivity contribution in [2.24, 2.45) is 0 Å². The molecule has 0 aliphatic carbocycles. The molecule has 0 aromatic carbocycles. The maximum atomic E-state index is 12.8. The van der Waals surface area contributed by atoms with E-state index >= 15 is 0 Å². The Morgan fingerprint density at radius 1 is 1.29 bits per heavy atom. The largest absolute Gasteiger partial charge is 0.478 e. The molecule has 1 heterocycles. The van der Waals surface area contributed by atoms with E-state index in [1.54, 1.807) is 13.8 Å². The molecule has 0 aromatic rings. The quantitative estimate of drug-likeness (QED) is 0.216. The van der Waals surface area contributed by atoms with Gasteiger partial charge >= 0.3 is 13.7 Å². The first-order valence-corrected chi connectivity index (χ1v) is 10.2. The lowest BCUT2D eigenvalue weighted by molar-refractivity contribution is -0.146. The van der Waals surface area contributed by atoms with E-state index in [2.05, 4.69) is 10.4 Å². The number of nitrogens with one attached hydrogen (secondary N) is 2. The molecule has 0 fully saturated rings. The van der Waals surface area contributed by atoms with Crippen LogP contribution in [0.15, 0.2) is 11.8 Å². The minimum absolute atomic E-state index is 0.0169. The molecule has 1 amide bonds. The van der Waals surface area contributed by atoms with Crippen molar-refractivity contribution in [2.45, 2.75) is 51.2 Å². The number of ether oxygens (including phenoxy) is 1. The molecule has 0 aromatic heterocycles. The van der Waals surface area contributed by atoms with Crippen LogP contribution in [0.25, 0.3) is 0 Å². The van der Waals surface area contributed by atoms with E-state index in [4.69, 9.17) is 18.9 Å². The number of hydrogen-bond donors (Lipinski definition) is 6. The molecule has 0 saturated heterocycles. The zero-order chi connectivity index (χ0) is 21.5. The van der Waals surface area contributed by atoms with Gasteiger partial charge in [0.25, 0.3) is 0 Å². The molecule has 13 heteroatoms. The monoisotopic (exact) mass is 426 g/mol. The first-order valence-electron chi connectivity index (χ1n) is 8.61. The lowest BCUT2D eigenvalue weighted by atomic mass is 9.92. The molecule has 162 valence electrons. The fourth-order valence-electron chi connectivity index (χ4n) is 2.62. The summed E-state index contributed by atoms with van der Waals surface area (Å²) in [4.78, 5) is 23.1. The lowest BCUT2D eigenvalue weighted by Crippen LogP contribution is -2.62. The summed E-state index contributed by atoms with van der Waals surface area (Å²) in [5.74, 6) is -2.68. The summed E-state index contributed by atoms with van der Waals surface area (Å²) in [6.07, 6.45) is -3.90. The number of carboxylic acids is 1. The van der Waals surface area contributed by atoms with Gasteiger partial charge in [0, 0.05) is 6.92 Å². The number of aliphatic hydroxyl groups is 3. The molecule has 0 bridgehead atoms. The molecule has 6 N–H and O–H groups in total. The Labute approximate surface area is 162 Å². The van der Waals surface area contributed by atoms with E-state index < -0.39 is 62.4 Å². The van der Waals surface area contributed by atoms with Crippen LogP contribution in [0.4, 0.5) is 0 Å². The fourth-order valence-corrected chi connectivity index (χ4v) is 4.12. The number of rotatable bonds is 11. The van der Waals surface area contributed by atoms with E-state index in [-0.39, 0.29) is 13.2 Å². The van der Waals surface area contributed by atoms with Crippen LogP contribution in [-0.4, -0.2) is 82.5 Å². The Morgan fingerprint density at radius 3 is 2.29 bits per heavy atom. The van der Waals surface area contributed by atoms with E-state index in [9.17, 15) is 29.5 Å². The van der Waals surface area contributed by atoms with Crippen LogP contribution >= 0.6 is 7.75 Å². The average molecular weight is 426 g/mol. The van der Waals surface area contributed by atoms with Crippen LogP contribution in [0.3, 0.4) is 0 Å². The highest BCUT2D eigenvalue weighted by Gasteiger charge is 2.45. The van der Waals surface area contributed by atoms with Crippen LogP contribution in [0.1, 0.15) is 20.8 Å². The molecule has 28 heavy (non-hydrogen) atoms. The number of carbonyl (C=O) groups excluding carboxylic acids is 1. The third kappa shape index (κ3) is 6.52. The van der Waals surface area contributed by atoms with Gasteiger partial charge in [0.15, 0.2) is 0 Å². The first-order chi connectivity index (χ1) is 13.1. The number of hydrogen-bond acceptors (Lipinski definition) is 9. The van der Waals surface area contributed by atoms with Crippen molar-refractivity contribution in [3.05, 3.63) is 11.8 Å². The minimum Gasteiger partial charge on any atom is -0.478 e. The molecule has 0 unspecified atom stereocenters. The number of carboxylic acid groups (broad SMARTS) is 1. The van der Waals surface area contributed by atoms with E-state index in [1.807, 2.05) is 0 Å². The average Bonchev–Trinajstić information content (AvgIpc) is 2.61. The van der Waals surface area contributed by atoms with Crippen molar-refractivity contribution < 1.29 is 48.4 Å². The standard InChI is InChI=1S/C15H27N2O10P/c1-4-25-28(24,26-5-2)17-9-6-11(15(22)23)27-14(12(9)16-8(3)19)13(21)10(20)7-18/h6,9-10,12-14,18,20-21H,4-5,7H2,1-3H3,(H,16,19)(H,17,24)(H,22,23)/t9-,10+,12+,13+,14+/m0/s1. The van der Waals surface area contributed by atoms with E-state index in [0.717, 1.165) is 6.08 Å². The van der Waals surface area contributed by atoms with Gasteiger partial charge in [-0.2, -0.15) is 0 Å². The van der Waals surface area contributed by atoms with E-state index in [1.165, 1.54) is 6.92 Å². The SMILES string of the molecule is CCOP(=O)(N[C@H]1C=C(C(=O)O)O[C@@H]([C@H](O)[C@H](O)CO)[C@@H]1NC(C)=O)OCC. The predicted octanol–water partition coefficient (Wildman–Crippen LogP) is -1.29. The zero-order valence-electron chi connectivity index (χ0n) is 15.8. The van der Waals surface area contributed by atoms with Gasteiger partial charge in [0.1, 0.15) is 18.3 Å². The zero-order valence-corrected chi connectivity index (χ0v) is 16.7. The third-order valence-corrected chi connectivity index (χ3v) is 5.55. The van der Waals surface area contributed by atoms with Gasteiger partial charge in [-0.15, -0.1) is 0 Å². The van der Waals surface area contributed by atoms with Crippen molar-refractivity contribution in [3.8, 4) is 0 Å². The van der Waals surface area contributed by atoms with Crippen molar-refractivity contribution >= 4 is 19.6 Å². The van der Waals surface area contributed by atoms with Crippen molar-refractivity contribution in [3.63, 3.8) is 0 Å². The van der Waals surface area contributed by atoms with Crippen LogP contribution in [0.2, 0.25) is 0 Å². The Morgan fingerprint density at radius 2 is 1.86 bits per heavy atom. The summed E-state index contributed by atoms with van der Waals surface area (Å²) in [5, 5.41) is 43.4. The molecule has 0 spiro atoms. The summed E-state index contributed by atoms with van der Waals surface area (Å²) < 4.78 is 28.3. The van der Waals surface area contributed by atoms with E-state index in [0.29, 0.717) is 0 Å². The lowest BCUT2D eigenvalue weighted by Gasteiger charge is -2.40. The first kappa shape index (κ1) is 24.5. The van der Waals surface area contributed by atoms with Crippen molar-refractivity contribution in [1.29, 1.82) is 0 Å². The molecule has 0 radical (unpaired) electrons. The second kappa shape index (κ2) is 10.9. The fraction of sp³-hybridized carbons (Fsp3) is 0.733. The van der Waals surface area contributed by atoms with Crippen LogP contribution in [0, 0.1) is 0 Å². The second-order valence-corrected chi connectivity index (χ2v) is 7.64. The van der Waals surface area contributed by atoms with Gasteiger partial charge < -0.3 is 30.5 Å². The Kier molecular flexibility index (Phi) is 9.51. The van der Waals surface area contributed by atoms with Crippen molar-refractivity contribution in [1.82, 2.24) is 10.4 Å². The van der Waals surface area contributed by atoms with Crippen LogP contribution in [0.5, 0.6) is 0 Å². The van der Waals surface area contributed by atoms with Crippen molar-refractivity contribution in [2.75, 3.05) is 19.8 Å². The number of aliphatic hydroxyl groups excluding tert-OH is 3. The number of amides is 1. The molecule has 5 atom stereocenters. The summed E-state index contributed by atoms with van der Waals surface area (Å²) in [7, 11) is -3.90. The van der Waals surface area contributed by atoms with Crippen LogP contribution < -0.4 is 10.4 Å². The molecule has 1 aliphatic heterocycles. The highest BCUT2D eigenvalue weighted by Crippen LogP contribution is 2.45. The van der Waals surface area contributed by atoms with Gasteiger partial charge in [-0.3, -0.25) is 13.8 Å². The number of carbonyl (C=O) groups is 2. The molecule has 12 nitrogen and oxygen atoms in total. The Hall–Kier alpha value is -1.53. The highest BCUT2D eigenvalue weighted by atomic mass is 31.2.